The second-order valence-corrected chi connectivity index (χ2v) is 15.7. The Labute approximate surface area is 289 Å². The molecule has 7 atom stereocenters. The number of carbonyl (C=O) groups excluding carboxylic acids is 5. The minimum absolute atomic E-state index is 0.0544. The summed E-state index contributed by atoms with van der Waals surface area (Å²) in [6, 6.07) is -3.35. The number of aliphatic hydroxyl groups excluding tert-OH is 1. The summed E-state index contributed by atoms with van der Waals surface area (Å²) in [7, 11) is 0. The molecule has 4 fully saturated rings. The maximum absolute atomic E-state index is 14.6. The van der Waals surface area contributed by atoms with E-state index in [1.54, 1.807) is 4.90 Å². The molecule has 1 saturated heterocycles. The molecule has 0 spiro atoms. The van der Waals surface area contributed by atoms with Crippen LogP contribution in [0.1, 0.15) is 115 Å². The van der Waals surface area contributed by atoms with E-state index in [0.29, 0.717) is 19.4 Å². The number of hydrogen-bond donors (Lipinski definition) is 5. The topological polar surface area (TPSA) is 183 Å². The molecule has 0 bridgehead atoms. The van der Waals surface area contributed by atoms with Crippen molar-refractivity contribution in [1.82, 2.24) is 36.1 Å². The smallest absolute Gasteiger partial charge is 0.272 e. The number of nitrogens with zero attached hydrogens (tertiary/aromatic N) is 3. The van der Waals surface area contributed by atoms with Crippen molar-refractivity contribution in [3.05, 3.63) is 24.3 Å². The van der Waals surface area contributed by atoms with Crippen molar-refractivity contribution in [3.8, 4) is 0 Å². The fourth-order valence-electron chi connectivity index (χ4n) is 8.00. The SMILES string of the molecule is CCC[C@H](NC(=O)[C@@H]1C2CCCC2CN1C(=O)[C@@H](NC(=O)[C@@H](NC(=O)c1cnccn1)C1CCCCC1)C(C)(C)C)C(O)C(=O)NC1CC1. The van der Waals surface area contributed by atoms with Crippen LogP contribution in [0, 0.1) is 23.2 Å². The number of fused-ring (bicyclic) bond motifs is 1. The molecule has 1 aliphatic heterocycles. The Kier molecular flexibility index (Phi) is 11.9. The van der Waals surface area contributed by atoms with Crippen LogP contribution < -0.4 is 21.3 Å². The summed E-state index contributed by atoms with van der Waals surface area (Å²) in [5.74, 6) is -2.18. The van der Waals surface area contributed by atoms with Gasteiger partial charge in [-0.05, 0) is 68.1 Å². The molecule has 3 aliphatic carbocycles. The Morgan fingerprint density at radius 1 is 0.918 bits per heavy atom. The summed E-state index contributed by atoms with van der Waals surface area (Å²) in [5, 5.41) is 22.6. The van der Waals surface area contributed by atoms with Gasteiger partial charge < -0.3 is 31.3 Å². The average Bonchev–Trinajstić information content (AvgIpc) is 3.65. The summed E-state index contributed by atoms with van der Waals surface area (Å²) >= 11 is 0. The van der Waals surface area contributed by atoms with Gasteiger partial charge in [0.15, 0.2) is 6.10 Å². The van der Waals surface area contributed by atoms with E-state index in [1.165, 1.54) is 18.6 Å². The highest BCUT2D eigenvalue weighted by Crippen LogP contribution is 2.43. The number of hydrogen-bond acceptors (Lipinski definition) is 8. The molecule has 0 radical (unpaired) electrons. The van der Waals surface area contributed by atoms with E-state index in [-0.39, 0.29) is 41.3 Å². The lowest BCUT2D eigenvalue weighted by Gasteiger charge is -2.38. The molecule has 5 N–H and O–H groups in total. The molecule has 3 unspecified atom stereocenters. The molecule has 5 rings (SSSR count). The Morgan fingerprint density at radius 3 is 2.29 bits per heavy atom. The first kappa shape index (κ1) is 36.7. The molecule has 49 heavy (non-hydrogen) atoms. The van der Waals surface area contributed by atoms with Crippen molar-refractivity contribution < 1.29 is 29.1 Å². The molecular formula is C36H55N7O6. The zero-order valence-corrected chi connectivity index (χ0v) is 29.5. The van der Waals surface area contributed by atoms with Crippen LogP contribution in [-0.2, 0) is 19.2 Å². The van der Waals surface area contributed by atoms with Crippen molar-refractivity contribution in [3.63, 3.8) is 0 Å². The van der Waals surface area contributed by atoms with Crippen LogP contribution in [0.5, 0.6) is 0 Å². The second-order valence-electron chi connectivity index (χ2n) is 15.7. The summed E-state index contributed by atoms with van der Waals surface area (Å²) < 4.78 is 0. The maximum atomic E-state index is 14.6. The van der Waals surface area contributed by atoms with E-state index in [2.05, 4.69) is 31.2 Å². The Hall–Kier alpha value is -3.61. The number of likely N-dealkylation sites (tertiary alicyclic amines) is 1. The molecule has 13 nitrogen and oxygen atoms in total. The molecule has 0 aromatic carbocycles. The van der Waals surface area contributed by atoms with Crippen LogP contribution in [0.3, 0.4) is 0 Å². The van der Waals surface area contributed by atoms with E-state index in [4.69, 9.17) is 0 Å². The first-order valence-corrected chi connectivity index (χ1v) is 18.4. The fraction of sp³-hybridized carbons (Fsp3) is 0.750. The van der Waals surface area contributed by atoms with Crippen molar-refractivity contribution >= 4 is 29.5 Å². The highest BCUT2D eigenvalue weighted by Gasteiger charge is 2.52. The summed E-state index contributed by atoms with van der Waals surface area (Å²) in [4.78, 5) is 78.5. The lowest BCUT2D eigenvalue weighted by atomic mass is 9.82. The van der Waals surface area contributed by atoms with Gasteiger partial charge in [-0.1, -0.05) is 59.8 Å². The van der Waals surface area contributed by atoms with Gasteiger partial charge in [0.2, 0.25) is 17.7 Å². The lowest BCUT2D eigenvalue weighted by molar-refractivity contribution is -0.146. The number of nitrogens with one attached hydrogen (secondary N) is 4. The monoisotopic (exact) mass is 681 g/mol. The third-order valence-electron chi connectivity index (χ3n) is 10.8. The third kappa shape index (κ3) is 8.95. The molecule has 13 heteroatoms. The highest BCUT2D eigenvalue weighted by molar-refractivity contribution is 5.98. The molecule has 2 heterocycles. The minimum Gasteiger partial charge on any atom is -0.381 e. The van der Waals surface area contributed by atoms with Gasteiger partial charge in [0.05, 0.1) is 12.2 Å². The number of aliphatic hydroxyl groups is 1. The number of carbonyl (C=O) groups is 5. The fourth-order valence-corrected chi connectivity index (χ4v) is 8.00. The Balaban J connectivity index is 1.35. The van der Waals surface area contributed by atoms with Gasteiger partial charge >= 0.3 is 0 Å². The zero-order chi connectivity index (χ0) is 35.3. The normalized spacial score (nSPS) is 25.0. The van der Waals surface area contributed by atoms with Gasteiger partial charge in [-0.15, -0.1) is 0 Å². The van der Waals surface area contributed by atoms with Gasteiger partial charge in [0.25, 0.3) is 11.8 Å². The van der Waals surface area contributed by atoms with Crippen molar-refractivity contribution in [2.75, 3.05) is 6.54 Å². The summed E-state index contributed by atoms with van der Waals surface area (Å²) in [6.45, 7) is 7.95. The highest BCUT2D eigenvalue weighted by atomic mass is 16.3. The van der Waals surface area contributed by atoms with Crippen LogP contribution in [0.15, 0.2) is 18.6 Å². The second kappa shape index (κ2) is 15.9. The average molecular weight is 682 g/mol. The van der Waals surface area contributed by atoms with E-state index in [1.807, 2.05) is 27.7 Å². The predicted octanol–water partition coefficient (Wildman–Crippen LogP) is 2.24. The maximum Gasteiger partial charge on any atom is 0.272 e. The van der Waals surface area contributed by atoms with Crippen LogP contribution in [0.2, 0.25) is 0 Å². The number of rotatable bonds is 13. The lowest BCUT2D eigenvalue weighted by Crippen LogP contribution is -2.62. The molecule has 4 aliphatic rings. The first-order valence-electron chi connectivity index (χ1n) is 18.4. The van der Waals surface area contributed by atoms with E-state index < -0.39 is 53.4 Å². The summed E-state index contributed by atoms with van der Waals surface area (Å²) in [6.07, 6.45) is 12.8. The third-order valence-corrected chi connectivity index (χ3v) is 10.8. The molecular weight excluding hydrogens is 626 g/mol. The first-order chi connectivity index (χ1) is 23.4. The standard InChI is InChI=1S/C36H55N7O6/c1-5-10-25(29(44)34(48)39-23-15-16-23)40-33(47)28-24-14-9-13-22(24)20-43(28)35(49)30(36(2,3)4)42-32(46)27(21-11-7-6-8-12-21)41-31(45)26-19-37-17-18-38-26/h17-19,21-25,27-30,44H,5-16,20H2,1-4H3,(H,39,48)(H,40,47)(H,41,45)(H,42,46)/t22?,24?,25-,27-,28-,29?,30+/m0/s1. The largest absolute Gasteiger partial charge is 0.381 e. The Morgan fingerprint density at radius 2 is 1.65 bits per heavy atom. The van der Waals surface area contributed by atoms with Crippen LogP contribution in [0.25, 0.3) is 0 Å². The van der Waals surface area contributed by atoms with Crippen LogP contribution in [-0.4, -0.2) is 92.4 Å². The van der Waals surface area contributed by atoms with E-state index >= 15 is 0 Å². The van der Waals surface area contributed by atoms with Gasteiger partial charge in [-0.2, -0.15) is 0 Å². The van der Waals surface area contributed by atoms with Crippen LogP contribution in [0.4, 0.5) is 0 Å². The van der Waals surface area contributed by atoms with Gasteiger partial charge in [0, 0.05) is 25.0 Å². The van der Waals surface area contributed by atoms with E-state index in [0.717, 1.165) is 64.2 Å². The van der Waals surface area contributed by atoms with Crippen molar-refractivity contribution in [1.29, 1.82) is 0 Å². The molecule has 270 valence electrons. The van der Waals surface area contributed by atoms with Gasteiger partial charge in [0.1, 0.15) is 23.8 Å². The number of aromatic nitrogens is 2. The zero-order valence-electron chi connectivity index (χ0n) is 29.5. The molecule has 5 amide bonds. The van der Waals surface area contributed by atoms with Gasteiger partial charge in [-0.3, -0.25) is 29.0 Å². The summed E-state index contributed by atoms with van der Waals surface area (Å²) in [5.41, 5.74) is -0.618. The van der Waals surface area contributed by atoms with Gasteiger partial charge in [-0.25, -0.2) is 4.98 Å². The Bertz CT molecular complexity index is 1340. The van der Waals surface area contributed by atoms with Crippen molar-refractivity contribution in [2.45, 2.75) is 141 Å². The molecule has 1 aromatic heterocycles. The van der Waals surface area contributed by atoms with Crippen molar-refractivity contribution in [2.24, 2.45) is 23.2 Å². The van der Waals surface area contributed by atoms with E-state index in [9.17, 15) is 29.1 Å². The molecule has 1 aromatic rings. The molecule has 3 saturated carbocycles. The minimum atomic E-state index is -1.40. The van der Waals surface area contributed by atoms with Crippen LogP contribution >= 0.6 is 0 Å². The number of amides is 5. The quantitative estimate of drug-likeness (QED) is 0.210. The predicted molar refractivity (Wildman–Crippen MR) is 182 cm³/mol.